The number of nitrogens with zero attached hydrogens (tertiary/aromatic N) is 2. The van der Waals surface area contributed by atoms with Gasteiger partial charge >= 0.3 is 0 Å². The predicted molar refractivity (Wildman–Crippen MR) is 117 cm³/mol. The quantitative estimate of drug-likeness (QED) is 0.557. The summed E-state index contributed by atoms with van der Waals surface area (Å²) in [5.74, 6) is 1.23. The summed E-state index contributed by atoms with van der Waals surface area (Å²) >= 11 is 0. The van der Waals surface area contributed by atoms with E-state index >= 15 is 0 Å². The molecule has 0 saturated heterocycles. The van der Waals surface area contributed by atoms with E-state index in [0.29, 0.717) is 6.04 Å². The van der Waals surface area contributed by atoms with Gasteiger partial charge in [0.05, 0.1) is 16.8 Å². The highest BCUT2D eigenvalue weighted by molar-refractivity contribution is 6.10. The Bertz CT molecular complexity index is 1030. The zero-order chi connectivity index (χ0) is 19.8. The molecule has 2 aromatic heterocycles. The predicted octanol–water partition coefficient (Wildman–Crippen LogP) is 5.88. The Morgan fingerprint density at radius 2 is 1.72 bits per heavy atom. The number of carbonyl (C=O) groups is 1. The van der Waals surface area contributed by atoms with Gasteiger partial charge in [0.15, 0.2) is 5.78 Å². The Balaban J connectivity index is 1.60. The fourth-order valence-corrected chi connectivity index (χ4v) is 4.43. The lowest BCUT2D eigenvalue weighted by Gasteiger charge is -2.29. The van der Waals surface area contributed by atoms with Crippen LogP contribution in [0.15, 0.2) is 48.9 Å². The number of ketones is 1. The molecule has 0 bridgehead atoms. The topological polar surface area (TPSA) is 54.9 Å². The molecule has 3 aromatic rings. The Labute approximate surface area is 171 Å². The number of carbonyl (C=O) groups excluding carboxylic acids is 1. The number of anilines is 1. The molecule has 0 amide bonds. The van der Waals surface area contributed by atoms with Gasteiger partial charge in [-0.3, -0.25) is 14.8 Å². The molecule has 0 atom stereocenters. The smallest absolute Gasteiger partial charge is 0.169 e. The minimum atomic E-state index is 0.185. The molecular formula is C25H27N3O. The minimum absolute atomic E-state index is 0.185. The Morgan fingerprint density at radius 1 is 0.966 bits per heavy atom. The number of hydrogen-bond acceptors (Lipinski definition) is 4. The molecule has 0 aliphatic heterocycles. The van der Waals surface area contributed by atoms with Crippen molar-refractivity contribution in [3.05, 3.63) is 54.5 Å². The van der Waals surface area contributed by atoms with Crippen LogP contribution >= 0.6 is 0 Å². The van der Waals surface area contributed by atoms with Gasteiger partial charge in [0.25, 0.3) is 0 Å². The van der Waals surface area contributed by atoms with Crippen molar-refractivity contribution < 1.29 is 4.79 Å². The molecule has 1 N–H and O–H groups in total. The average Bonchev–Trinajstić information content (AvgIpc) is 3.61. The summed E-state index contributed by atoms with van der Waals surface area (Å²) in [5, 5.41) is 4.83. The van der Waals surface area contributed by atoms with Crippen molar-refractivity contribution in [1.29, 1.82) is 0 Å². The van der Waals surface area contributed by atoms with E-state index in [1.807, 2.05) is 24.5 Å². The van der Waals surface area contributed by atoms with Crippen LogP contribution in [0.4, 0.5) is 5.69 Å². The van der Waals surface area contributed by atoms with Gasteiger partial charge in [-0.25, -0.2) is 0 Å². The number of Topliss-reactive ketones (excluding diaryl/α,β-unsaturated/α-hetero) is 1. The Kier molecular flexibility index (Phi) is 4.78. The molecular weight excluding hydrogens is 358 g/mol. The molecule has 0 spiro atoms. The van der Waals surface area contributed by atoms with Gasteiger partial charge in [-0.2, -0.15) is 0 Å². The number of pyridine rings is 2. The third kappa shape index (κ3) is 3.76. The van der Waals surface area contributed by atoms with E-state index in [-0.39, 0.29) is 11.7 Å². The largest absolute Gasteiger partial charge is 0.381 e. The second kappa shape index (κ2) is 7.58. The van der Waals surface area contributed by atoms with E-state index in [1.165, 1.54) is 12.8 Å². The van der Waals surface area contributed by atoms with Gasteiger partial charge in [-0.05, 0) is 79.8 Å². The molecule has 2 heterocycles. The van der Waals surface area contributed by atoms with Crippen LogP contribution in [-0.2, 0) is 0 Å². The van der Waals surface area contributed by atoms with Crippen LogP contribution in [0.2, 0.25) is 0 Å². The zero-order valence-corrected chi connectivity index (χ0v) is 16.9. The van der Waals surface area contributed by atoms with Crippen LogP contribution in [0.3, 0.4) is 0 Å². The number of hydrogen-bond donors (Lipinski definition) is 1. The van der Waals surface area contributed by atoms with E-state index in [0.717, 1.165) is 64.9 Å². The molecule has 1 aromatic carbocycles. The van der Waals surface area contributed by atoms with Crippen LogP contribution in [0.1, 0.15) is 55.8 Å². The maximum absolute atomic E-state index is 13.0. The van der Waals surface area contributed by atoms with Gasteiger partial charge in [-0.1, -0.05) is 13.0 Å². The van der Waals surface area contributed by atoms with Gasteiger partial charge in [-0.15, -0.1) is 0 Å². The number of rotatable bonds is 5. The maximum atomic E-state index is 13.0. The normalized spacial score (nSPS) is 21.8. The van der Waals surface area contributed by atoms with Crippen LogP contribution in [0.5, 0.6) is 0 Å². The fourth-order valence-electron chi connectivity index (χ4n) is 4.43. The van der Waals surface area contributed by atoms with Crippen LogP contribution in [0.25, 0.3) is 22.0 Å². The molecule has 2 aliphatic carbocycles. The monoisotopic (exact) mass is 385 g/mol. The van der Waals surface area contributed by atoms with Gasteiger partial charge in [0.1, 0.15) is 0 Å². The second-order valence-electron chi connectivity index (χ2n) is 8.75. The van der Waals surface area contributed by atoms with Crippen molar-refractivity contribution in [1.82, 2.24) is 9.97 Å². The van der Waals surface area contributed by atoms with E-state index < -0.39 is 0 Å². The average molecular weight is 386 g/mol. The molecule has 29 heavy (non-hydrogen) atoms. The maximum Gasteiger partial charge on any atom is 0.169 e. The molecule has 0 radical (unpaired) electrons. The van der Waals surface area contributed by atoms with E-state index in [4.69, 9.17) is 0 Å². The molecule has 4 nitrogen and oxygen atoms in total. The van der Waals surface area contributed by atoms with E-state index in [1.54, 1.807) is 6.20 Å². The zero-order valence-electron chi connectivity index (χ0n) is 16.9. The minimum Gasteiger partial charge on any atom is -0.381 e. The number of benzene rings is 1. The summed E-state index contributed by atoms with van der Waals surface area (Å²) < 4.78 is 0. The first-order valence-corrected chi connectivity index (χ1v) is 10.8. The highest BCUT2D eigenvalue weighted by Crippen LogP contribution is 2.38. The molecule has 2 fully saturated rings. The summed E-state index contributed by atoms with van der Waals surface area (Å²) in [5.41, 5.74) is 4.94. The molecule has 5 rings (SSSR count). The van der Waals surface area contributed by atoms with Gasteiger partial charge < -0.3 is 5.32 Å². The van der Waals surface area contributed by atoms with Crippen molar-refractivity contribution >= 4 is 22.4 Å². The summed E-state index contributed by atoms with van der Waals surface area (Å²) in [6.45, 7) is 2.33. The lowest BCUT2D eigenvalue weighted by Crippen LogP contribution is -2.26. The number of nitrogens with one attached hydrogen (secondary N) is 1. The third-order valence-electron chi connectivity index (χ3n) is 6.46. The lowest BCUT2D eigenvalue weighted by molar-refractivity contribution is 0.0968. The van der Waals surface area contributed by atoms with Crippen LogP contribution in [-0.4, -0.2) is 21.8 Å². The van der Waals surface area contributed by atoms with Crippen molar-refractivity contribution in [3.8, 4) is 11.1 Å². The third-order valence-corrected chi connectivity index (χ3v) is 6.46. The first kappa shape index (κ1) is 18.3. The van der Waals surface area contributed by atoms with Crippen molar-refractivity contribution in [2.45, 2.75) is 51.5 Å². The van der Waals surface area contributed by atoms with Gasteiger partial charge in [0, 0.05) is 35.9 Å². The van der Waals surface area contributed by atoms with Gasteiger partial charge in [0.2, 0.25) is 0 Å². The van der Waals surface area contributed by atoms with Crippen LogP contribution < -0.4 is 5.32 Å². The fraction of sp³-hybridized carbons (Fsp3) is 0.400. The molecule has 4 heteroatoms. The first-order valence-electron chi connectivity index (χ1n) is 10.8. The Hall–Kier alpha value is -2.75. The second-order valence-corrected chi connectivity index (χ2v) is 8.75. The number of aromatic nitrogens is 2. The Morgan fingerprint density at radius 3 is 2.45 bits per heavy atom. The van der Waals surface area contributed by atoms with E-state index in [2.05, 4.69) is 40.4 Å². The molecule has 0 unspecified atom stereocenters. The molecule has 2 saturated carbocycles. The van der Waals surface area contributed by atoms with Crippen molar-refractivity contribution in [2.75, 3.05) is 5.32 Å². The van der Waals surface area contributed by atoms with Crippen molar-refractivity contribution in [2.24, 2.45) is 11.8 Å². The SMILES string of the molecule is CC1CCC(Nc2c(C(=O)C3CC3)cnc3ccc(-c4ccncc4)cc23)CC1. The van der Waals surface area contributed by atoms with Crippen molar-refractivity contribution in [3.63, 3.8) is 0 Å². The molecule has 148 valence electrons. The first-order chi connectivity index (χ1) is 14.2. The lowest BCUT2D eigenvalue weighted by atomic mass is 9.87. The molecule has 2 aliphatic rings. The highest BCUT2D eigenvalue weighted by Gasteiger charge is 2.33. The van der Waals surface area contributed by atoms with Crippen LogP contribution in [0, 0.1) is 11.8 Å². The number of fused-ring (bicyclic) bond motifs is 1. The van der Waals surface area contributed by atoms with E-state index in [9.17, 15) is 4.79 Å². The highest BCUT2D eigenvalue weighted by atomic mass is 16.1. The summed E-state index contributed by atoms with van der Waals surface area (Å²) in [4.78, 5) is 21.8. The summed E-state index contributed by atoms with van der Waals surface area (Å²) in [6, 6.07) is 10.8. The summed E-state index contributed by atoms with van der Waals surface area (Å²) in [7, 11) is 0. The standard InChI is InChI=1S/C25H27N3O/c1-16-2-7-20(8-3-16)28-24-21-14-19(17-10-12-26-13-11-17)6-9-23(21)27-15-22(24)25(29)18-4-5-18/h6,9-16,18,20H,2-5,7-8H2,1H3,(H,27,28). The summed E-state index contributed by atoms with van der Waals surface area (Å²) in [6.07, 6.45) is 12.2.